The molecular formula is C22H22N4O. The predicted octanol–water partition coefficient (Wildman–Crippen LogP) is 4.30. The standard InChI is InChI=1S/C22H22N4O/c1-16-9-5-6-12-18(16)24-22(27)19-15-20(26-13-7-8-14-26)25-21(23-19)17-10-3-2-4-11-17/h2-6,9-12,15H,7-8,13-14H2,1H3,(H,24,27). The van der Waals surface area contributed by atoms with Crippen LogP contribution in [0.15, 0.2) is 60.7 Å². The Hall–Kier alpha value is -3.21. The quantitative estimate of drug-likeness (QED) is 0.755. The summed E-state index contributed by atoms with van der Waals surface area (Å²) in [6.45, 7) is 3.90. The zero-order chi connectivity index (χ0) is 18.6. The minimum Gasteiger partial charge on any atom is -0.356 e. The number of nitrogens with one attached hydrogen (secondary N) is 1. The highest BCUT2D eigenvalue weighted by atomic mass is 16.1. The molecule has 0 saturated carbocycles. The van der Waals surface area contributed by atoms with Crippen molar-refractivity contribution in [3.05, 3.63) is 71.9 Å². The molecule has 0 aliphatic carbocycles. The zero-order valence-electron chi connectivity index (χ0n) is 15.4. The van der Waals surface area contributed by atoms with Crippen molar-refractivity contribution >= 4 is 17.4 Å². The third-order valence-corrected chi connectivity index (χ3v) is 4.80. The van der Waals surface area contributed by atoms with Crippen LogP contribution in [-0.4, -0.2) is 29.0 Å². The first-order valence-corrected chi connectivity index (χ1v) is 9.27. The number of carbonyl (C=O) groups excluding carboxylic acids is 1. The fourth-order valence-electron chi connectivity index (χ4n) is 3.27. The second kappa shape index (κ2) is 7.58. The maximum atomic E-state index is 12.9. The number of nitrogens with zero attached hydrogens (tertiary/aromatic N) is 3. The van der Waals surface area contributed by atoms with Crippen molar-refractivity contribution in [2.45, 2.75) is 19.8 Å². The van der Waals surface area contributed by atoms with Gasteiger partial charge in [0.05, 0.1) is 0 Å². The van der Waals surface area contributed by atoms with Gasteiger partial charge in [-0.05, 0) is 31.4 Å². The highest BCUT2D eigenvalue weighted by Crippen LogP contribution is 2.24. The number of hydrogen-bond donors (Lipinski definition) is 1. The van der Waals surface area contributed by atoms with Gasteiger partial charge in [-0.2, -0.15) is 0 Å². The first kappa shape index (κ1) is 17.2. The second-order valence-corrected chi connectivity index (χ2v) is 6.76. The highest BCUT2D eigenvalue weighted by Gasteiger charge is 2.19. The van der Waals surface area contributed by atoms with Crippen molar-refractivity contribution in [2.24, 2.45) is 0 Å². The smallest absolute Gasteiger partial charge is 0.274 e. The molecule has 5 nitrogen and oxygen atoms in total. The van der Waals surface area contributed by atoms with Crippen LogP contribution in [0, 0.1) is 6.92 Å². The Morgan fingerprint density at radius 1 is 0.963 bits per heavy atom. The van der Waals surface area contributed by atoms with E-state index < -0.39 is 0 Å². The molecule has 5 heteroatoms. The molecule has 1 fully saturated rings. The molecule has 1 N–H and O–H groups in total. The normalized spacial score (nSPS) is 13.6. The number of aryl methyl sites for hydroxylation is 1. The average molecular weight is 358 g/mol. The van der Waals surface area contributed by atoms with Gasteiger partial charge in [-0.25, -0.2) is 9.97 Å². The van der Waals surface area contributed by atoms with Gasteiger partial charge in [0.25, 0.3) is 5.91 Å². The average Bonchev–Trinajstić information content (AvgIpc) is 3.25. The van der Waals surface area contributed by atoms with E-state index in [9.17, 15) is 4.79 Å². The van der Waals surface area contributed by atoms with E-state index in [-0.39, 0.29) is 5.91 Å². The number of rotatable bonds is 4. The highest BCUT2D eigenvalue weighted by molar-refractivity contribution is 6.04. The lowest BCUT2D eigenvalue weighted by atomic mass is 10.2. The van der Waals surface area contributed by atoms with Gasteiger partial charge >= 0.3 is 0 Å². The van der Waals surface area contributed by atoms with Crippen LogP contribution in [0.4, 0.5) is 11.5 Å². The van der Waals surface area contributed by atoms with Gasteiger partial charge in [0.15, 0.2) is 5.82 Å². The summed E-state index contributed by atoms with van der Waals surface area (Å²) in [5.41, 5.74) is 3.10. The number of amides is 1. The molecule has 1 aromatic heterocycles. The summed E-state index contributed by atoms with van der Waals surface area (Å²) in [5, 5.41) is 2.98. The number of hydrogen-bond acceptors (Lipinski definition) is 4. The van der Waals surface area contributed by atoms with Crippen molar-refractivity contribution < 1.29 is 4.79 Å². The molecule has 2 heterocycles. The van der Waals surface area contributed by atoms with Crippen LogP contribution in [0.5, 0.6) is 0 Å². The van der Waals surface area contributed by atoms with Crippen molar-refractivity contribution in [3.63, 3.8) is 0 Å². The number of para-hydroxylation sites is 1. The lowest BCUT2D eigenvalue weighted by molar-refractivity contribution is 0.102. The van der Waals surface area contributed by atoms with E-state index in [1.165, 1.54) is 0 Å². The summed E-state index contributed by atoms with van der Waals surface area (Å²) < 4.78 is 0. The molecule has 0 bridgehead atoms. The predicted molar refractivity (Wildman–Crippen MR) is 108 cm³/mol. The number of anilines is 2. The molecule has 3 aromatic rings. The molecule has 1 aliphatic rings. The topological polar surface area (TPSA) is 58.1 Å². The first-order chi connectivity index (χ1) is 13.2. The third kappa shape index (κ3) is 3.82. The van der Waals surface area contributed by atoms with Gasteiger partial charge in [0, 0.05) is 30.4 Å². The van der Waals surface area contributed by atoms with E-state index in [2.05, 4.69) is 15.2 Å². The molecule has 4 rings (SSSR count). The second-order valence-electron chi connectivity index (χ2n) is 6.76. The Morgan fingerprint density at radius 2 is 1.67 bits per heavy atom. The Kier molecular flexibility index (Phi) is 4.83. The van der Waals surface area contributed by atoms with Gasteiger partial charge in [0.2, 0.25) is 0 Å². The van der Waals surface area contributed by atoms with E-state index in [4.69, 9.17) is 4.98 Å². The molecule has 27 heavy (non-hydrogen) atoms. The van der Waals surface area contributed by atoms with Crippen LogP contribution in [0.25, 0.3) is 11.4 Å². The van der Waals surface area contributed by atoms with E-state index in [0.717, 1.165) is 48.6 Å². The summed E-state index contributed by atoms with van der Waals surface area (Å²) in [5.74, 6) is 1.18. The van der Waals surface area contributed by atoms with Crippen molar-refractivity contribution in [2.75, 3.05) is 23.3 Å². The molecule has 2 aromatic carbocycles. The van der Waals surface area contributed by atoms with Crippen LogP contribution in [0.1, 0.15) is 28.9 Å². The van der Waals surface area contributed by atoms with Gasteiger partial charge in [0.1, 0.15) is 11.5 Å². The van der Waals surface area contributed by atoms with Crippen LogP contribution in [0.3, 0.4) is 0 Å². The Labute approximate surface area is 159 Å². The van der Waals surface area contributed by atoms with E-state index in [1.807, 2.05) is 61.5 Å². The summed E-state index contributed by atoms with van der Waals surface area (Å²) in [6, 6.07) is 19.3. The summed E-state index contributed by atoms with van der Waals surface area (Å²) in [7, 11) is 0. The maximum Gasteiger partial charge on any atom is 0.274 e. The molecule has 0 spiro atoms. The molecule has 1 saturated heterocycles. The molecule has 0 atom stereocenters. The molecule has 136 valence electrons. The van der Waals surface area contributed by atoms with Crippen molar-refractivity contribution in [1.29, 1.82) is 0 Å². The number of carbonyl (C=O) groups is 1. The van der Waals surface area contributed by atoms with Gasteiger partial charge in [-0.15, -0.1) is 0 Å². The molecule has 0 radical (unpaired) electrons. The fourth-order valence-corrected chi connectivity index (χ4v) is 3.27. The fraction of sp³-hybridized carbons (Fsp3) is 0.227. The zero-order valence-corrected chi connectivity index (χ0v) is 15.4. The lowest BCUT2D eigenvalue weighted by Gasteiger charge is -2.18. The van der Waals surface area contributed by atoms with E-state index >= 15 is 0 Å². The van der Waals surface area contributed by atoms with Gasteiger partial charge < -0.3 is 10.2 Å². The minimum absolute atomic E-state index is 0.218. The summed E-state index contributed by atoms with van der Waals surface area (Å²) in [6.07, 6.45) is 2.30. The third-order valence-electron chi connectivity index (χ3n) is 4.80. The molecular weight excluding hydrogens is 336 g/mol. The van der Waals surface area contributed by atoms with Crippen molar-refractivity contribution in [3.8, 4) is 11.4 Å². The Bertz CT molecular complexity index is 950. The summed E-state index contributed by atoms with van der Waals surface area (Å²) >= 11 is 0. The Balaban J connectivity index is 1.71. The SMILES string of the molecule is Cc1ccccc1NC(=O)c1cc(N2CCCC2)nc(-c2ccccc2)n1. The largest absolute Gasteiger partial charge is 0.356 e. The van der Waals surface area contributed by atoms with Crippen LogP contribution in [0.2, 0.25) is 0 Å². The number of aromatic nitrogens is 2. The van der Waals surface area contributed by atoms with Gasteiger partial charge in [-0.3, -0.25) is 4.79 Å². The van der Waals surface area contributed by atoms with E-state index in [1.54, 1.807) is 6.07 Å². The molecule has 1 amide bonds. The van der Waals surface area contributed by atoms with Gasteiger partial charge in [-0.1, -0.05) is 48.5 Å². The minimum atomic E-state index is -0.218. The molecule has 1 aliphatic heterocycles. The first-order valence-electron chi connectivity index (χ1n) is 9.27. The van der Waals surface area contributed by atoms with Crippen LogP contribution >= 0.6 is 0 Å². The van der Waals surface area contributed by atoms with Crippen LogP contribution in [-0.2, 0) is 0 Å². The van der Waals surface area contributed by atoms with Crippen LogP contribution < -0.4 is 10.2 Å². The molecule has 0 unspecified atom stereocenters. The lowest BCUT2D eigenvalue weighted by Crippen LogP contribution is -2.22. The maximum absolute atomic E-state index is 12.9. The Morgan fingerprint density at radius 3 is 2.41 bits per heavy atom. The van der Waals surface area contributed by atoms with E-state index in [0.29, 0.717) is 11.5 Å². The monoisotopic (exact) mass is 358 g/mol. The number of benzene rings is 2. The summed E-state index contributed by atoms with van der Waals surface area (Å²) in [4.78, 5) is 24.4. The van der Waals surface area contributed by atoms with Crippen molar-refractivity contribution in [1.82, 2.24) is 9.97 Å².